The molecule has 0 bridgehead atoms. The van der Waals surface area contributed by atoms with E-state index >= 15 is 0 Å². The van der Waals surface area contributed by atoms with Gasteiger partial charge in [-0.3, -0.25) is 9.59 Å². The van der Waals surface area contributed by atoms with Gasteiger partial charge in [-0.05, 0) is 48.9 Å². The normalized spacial score (nSPS) is 10.2. The minimum atomic E-state index is -0.295. The Balaban J connectivity index is 1.83. The Morgan fingerprint density at radius 1 is 1.08 bits per heavy atom. The Labute approximate surface area is 152 Å². The molecule has 0 saturated carbocycles. The Kier molecular flexibility index (Phi) is 6.83. The van der Waals surface area contributed by atoms with Gasteiger partial charge in [0.1, 0.15) is 5.75 Å². The quantitative estimate of drug-likeness (QED) is 0.825. The Hall–Kier alpha value is -2.53. The molecule has 0 atom stereocenters. The van der Waals surface area contributed by atoms with Crippen molar-refractivity contribution in [2.45, 2.75) is 13.5 Å². The molecular formula is C19H21ClN2O3. The number of hydrogen-bond donors (Lipinski definition) is 1. The number of amides is 2. The molecule has 6 heteroatoms. The van der Waals surface area contributed by atoms with E-state index in [0.717, 1.165) is 5.56 Å². The second-order valence-electron chi connectivity index (χ2n) is 5.52. The number of nitrogens with one attached hydrogen (secondary N) is 1. The van der Waals surface area contributed by atoms with Crippen LogP contribution in [0.1, 0.15) is 22.8 Å². The number of carbonyl (C=O) groups excluding carboxylic acids is 2. The second kappa shape index (κ2) is 9.08. The highest BCUT2D eigenvalue weighted by Crippen LogP contribution is 2.12. The first kappa shape index (κ1) is 18.8. The summed E-state index contributed by atoms with van der Waals surface area (Å²) in [5.74, 6) is 0.239. The molecule has 0 radical (unpaired) electrons. The van der Waals surface area contributed by atoms with Crippen LogP contribution in [0, 0.1) is 0 Å². The molecule has 2 rings (SSSR count). The molecule has 2 amide bonds. The van der Waals surface area contributed by atoms with Gasteiger partial charge < -0.3 is 15.0 Å². The number of benzene rings is 2. The number of likely N-dealkylation sites (N-methyl/N-ethyl adjacent to an activating group) is 1. The van der Waals surface area contributed by atoms with E-state index in [1.807, 2.05) is 19.1 Å². The van der Waals surface area contributed by atoms with Crippen LogP contribution < -0.4 is 10.1 Å². The maximum absolute atomic E-state index is 12.2. The molecule has 5 nitrogen and oxygen atoms in total. The fourth-order valence-corrected chi connectivity index (χ4v) is 2.34. The smallest absolute Gasteiger partial charge is 0.251 e. The van der Waals surface area contributed by atoms with Gasteiger partial charge in [0.2, 0.25) is 5.91 Å². The lowest BCUT2D eigenvalue weighted by Crippen LogP contribution is -2.37. The van der Waals surface area contributed by atoms with Crippen molar-refractivity contribution < 1.29 is 14.3 Å². The summed E-state index contributed by atoms with van der Waals surface area (Å²) >= 11 is 5.84. The molecule has 132 valence electrons. The zero-order valence-electron chi connectivity index (χ0n) is 14.3. The average Bonchev–Trinajstić information content (AvgIpc) is 2.62. The van der Waals surface area contributed by atoms with Crippen molar-refractivity contribution in [1.29, 1.82) is 0 Å². The van der Waals surface area contributed by atoms with Crippen LogP contribution in [0.3, 0.4) is 0 Å². The SMILES string of the molecule is CCOc1ccc(C(=O)NCC(=O)N(C)Cc2ccc(Cl)cc2)cc1. The number of halogens is 1. The minimum absolute atomic E-state index is 0.0594. The van der Waals surface area contributed by atoms with Gasteiger partial charge in [0.05, 0.1) is 13.2 Å². The van der Waals surface area contributed by atoms with E-state index in [-0.39, 0.29) is 18.4 Å². The zero-order valence-corrected chi connectivity index (χ0v) is 15.0. The first-order chi connectivity index (χ1) is 12.0. The maximum atomic E-state index is 12.2. The third-order valence-corrected chi connectivity index (χ3v) is 3.84. The lowest BCUT2D eigenvalue weighted by atomic mass is 10.2. The number of rotatable bonds is 7. The van der Waals surface area contributed by atoms with E-state index in [1.165, 1.54) is 0 Å². The Bertz CT molecular complexity index is 714. The fraction of sp³-hybridized carbons (Fsp3) is 0.263. The second-order valence-corrected chi connectivity index (χ2v) is 5.95. The highest BCUT2D eigenvalue weighted by atomic mass is 35.5. The summed E-state index contributed by atoms with van der Waals surface area (Å²) in [6.07, 6.45) is 0. The Morgan fingerprint density at radius 2 is 1.72 bits per heavy atom. The summed E-state index contributed by atoms with van der Waals surface area (Å²) in [4.78, 5) is 25.8. The molecule has 1 N–H and O–H groups in total. The van der Waals surface area contributed by atoms with Crippen LogP contribution in [0.2, 0.25) is 5.02 Å². The van der Waals surface area contributed by atoms with Gasteiger partial charge in [-0.25, -0.2) is 0 Å². The van der Waals surface area contributed by atoms with Crippen molar-refractivity contribution >= 4 is 23.4 Å². The molecule has 2 aromatic carbocycles. The molecule has 0 aliphatic rings. The average molecular weight is 361 g/mol. The molecule has 0 aliphatic heterocycles. The molecule has 0 heterocycles. The van der Waals surface area contributed by atoms with Gasteiger partial charge in [0.25, 0.3) is 5.91 Å². The predicted octanol–water partition coefficient (Wildman–Crippen LogP) is 3.13. The summed E-state index contributed by atoms with van der Waals surface area (Å²) in [5.41, 5.74) is 1.45. The summed E-state index contributed by atoms with van der Waals surface area (Å²) in [6.45, 7) is 2.86. The van der Waals surface area contributed by atoms with Crippen LogP contribution >= 0.6 is 11.6 Å². The zero-order chi connectivity index (χ0) is 18.2. The standard InChI is InChI=1S/C19H21ClN2O3/c1-3-25-17-10-6-15(7-11-17)19(24)21-12-18(23)22(2)13-14-4-8-16(20)9-5-14/h4-11H,3,12-13H2,1-2H3,(H,21,24). The highest BCUT2D eigenvalue weighted by molar-refractivity contribution is 6.30. The molecule has 25 heavy (non-hydrogen) atoms. The molecule has 0 spiro atoms. The van der Waals surface area contributed by atoms with Crippen molar-refractivity contribution in [3.8, 4) is 5.75 Å². The van der Waals surface area contributed by atoms with E-state index in [0.29, 0.717) is 29.5 Å². The van der Waals surface area contributed by atoms with Crippen LogP contribution in [0.4, 0.5) is 0 Å². The van der Waals surface area contributed by atoms with Crippen LogP contribution in [0.5, 0.6) is 5.75 Å². The third kappa shape index (κ3) is 5.80. The first-order valence-corrected chi connectivity index (χ1v) is 8.37. The maximum Gasteiger partial charge on any atom is 0.251 e. The lowest BCUT2D eigenvalue weighted by molar-refractivity contribution is -0.129. The number of hydrogen-bond acceptors (Lipinski definition) is 3. The minimum Gasteiger partial charge on any atom is -0.494 e. The molecule has 0 aliphatic carbocycles. The van der Waals surface area contributed by atoms with Gasteiger partial charge in [0.15, 0.2) is 0 Å². The molecule has 2 aromatic rings. The molecule has 0 fully saturated rings. The van der Waals surface area contributed by atoms with Crippen molar-refractivity contribution in [2.24, 2.45) is 0 Å². The predicted molar refractivity (Wildman–Crippen MR) is 97.9 cm³/mol. The number of nitrogens with zero attached hydrogens (tertiary/aromatic N) is 1. The topological polar surface area (TPSA) is 58.6 Å². The van der Waals surface area contributed by atoms with Crippen LogP contribution in [0.15, 0.2) is 48.5 Å². The van der Waals surface area contributed by atoms with Gasteiger partial charge in [-0.15, -0.1) is 0 Å². The lowest BCUT2D eigenvalue weighted by Gasteiger charge is -2.17. The number of carbonyl (C=O) groups is 2. The summed E-state index contributed by atoms with van der Waals surface area (Å²) < 4.78 is 5.33. The van der Waals surface area contributed by atoms with Gasteiger partial charge in [-0.1, -0.05) is 23.7 Å². The van der Waals surface area contributed by atoms with Crippen molar-refractivity contribution in [3.05, 3.63) is 64.7 Å². The largest absolute Gasteiger partial charge is 0.494 e. The molecule has 0 aromatic heterocycles. The van der Waals surface area contributed by atoms with Crippen LogP contribution in [-0.4, -0.2) is 36.9 Å². The van der Waals surface area contributed by atoms with E-state index < -0.39 is 0 Å². The van der Waals surface area contributed by atoms with E-state index in [2.05, 4.69) is 5.32 Å². The van der Waals surface area contributed by atoms with Gasteiger partial charge in [0, 0.05) is 24.2 Å². The van der Waals surface area contributed by atoms with Crippen molar-refractivity contribution in [3.63, 3.8) is 0 Å². The van der Waals surface area contributed by atoms with Gasteiger partial charge in [-0.2, -0.15) is 0 Å². The van der Waals surface area contributed by atoms with Crippen LogP contribution in [-0.2, 0) is 11.3 Å². The van der Waals surface area contributed by atoms with Gasteiger partial charge >= 0.3 is 0 Å². The van der Waals surface area contributed by atoms with Crippen molar-refractivity contribution in [1.82, 2.24) is 10.2 Å². The molecule has 0 unspecified atom stereocenters. The van der Waals surface area contributed by atoms with E-state index in [4.69, 9.17) is 16.3 Å². The summed E-state index contributed by atoms with van der Waals surface area (Å²) in [7, 11) is 1.69. The van der Waals surface area contributed by atoms with E-state index in [9.17, 15) is 9.59 Å². The first-order valence-electron chi connectivity index (χ1n) is 7.99. The Morgan fingerprint density at radius 3 is 2.32 bits per heavy atom. The highest BCUT2D eigenvalue weighted by Gasteiger charge is 2.12. The third-order valence-electron chi connectivity index (χ3n) is 3.59. The monoisotopic (exact) mass is 360 g/mol. The summed E-state index contributed by atoms with van der Waals surface area (Å²) in [5, 5.41) is 3.29. The van der Waals surface area contributed by atoms with Crippen LogP contribution in [0.25, 0.3) is 0 Å². The molecule has 0 saturated heterocycles. The van der Waals surface area contributed by atoms with Crippen molar-refractivity contribution in [2.75, 3.05) is 20.2 Å². The molecular weight excluding hydrogens is 340 g/mol. The summed E-state index contributed by atoms with van der Waals surface area (Å²) in [6, 6.07) is 14.1. The number of ether oxygens (including phenoxy) is 1. The van der Waals surface area contributed by atoms with E-state index in [1.54, 1.807) is 48.3 Å². The fourth-order valence-electron chi connectivity index (χ4n) is 2.21.